The van der Waals surface area contributed by atoms with E-state index in [4.69, 9.17) is 9.84 Å². The van der Waals surface area contributed by atoms with Gasteiger partial charge < -0.3 is 4.74 Å². The van der Waals surface area contributed by atoms with E-state index < -0.39 is 0 Å². The quantitative estimate of drug-likeness (QED) is 0.634. The van der Waals surface area contributed by atoms with E-state index >= 15 is 0 Å². The third-order valence-electron chi connectivity index (χ3n) is 5.37. The van der Waals surface area contributed by atoms with Crippen LogP contribution in [-0.2, 0) is 11.3 Å². The maximum atomic E-state index is 13.4. The molecule has 1 aliphatic rings. The van der Waals surface area contributed by atoms with Crippen molar-refractivity contribution >= 4 is 0 Å². The van der Waals surface area contributed by atoms with Gasteiger partial charge >= 0.3 is 0 Å². The van der Waals surface area contributed by atoms with Crippen LogP contribution in [0.15, 0.2) is 54.7 Å². The fraction of sp³-hybridized carbons (Fsp3) is 0.348. The molecule has 146 valence electrons. The minimum atomic E-state index is -0.231. The number of aromatic nitrogens is 2. The SMILES string of the molecule is COCC1CCN(Cc2cn(-c3ccc(C)cc3)nc2-c2ccc(F)cc2)C1. The summed E-state index contributed by atoms with van der Waals surface area (Å²) in [6, 6.07) is 14.9. The highest BCUT2D eigenvalue weighted by molar-refractivity contribution is 5.63. The summed E-state index contributed by atoms with van der Waals surface area (Å²) in [5.41, 5.74) is 5.26. The van der Waals surface area contributed by atoms with Crippen LogP contribution in [0.1, 0.15) is 17.5 Å². The van der Waals surface area contributed by atoms with Crippen molar-refractivity contribution in [1.82, 2.24) is 14.7 Å². The molecule has 5 heteroatoms. The Kier molecular flexibility index (Phi) is 5.55. The van der Waals surface area contributed by atoms with E-state index in [9.17, 15) is 4.39 Å². The van der Waals surface area contributed by atoms with E-state index in [0.717, 1.165) is 55.2 Å². The largest absolute Gasteiger partial charge is 0.384 e. The van der Waals surface area contributed by atoms with Gasteiger partial charge in [0.05, 0.1) is 18.0 Å². The Morgan fingerprint density at radius 3 is 2.57 bits per heavy atom. The van der Waals surface area contributed by atoms with Crippen LogP contribution >= 0.6 is 0 Å². The number of methoxy groups -OCH3 is 1. The Balaban J connectivity index is 1.65. The summed E-state index contributed by atoms with van der Waals surface area (Å²) in [4.78, 5) is 2.45. The first-order valence-electron chi connectivity index (χ1n) is 9.75. The van der Waals surface area contributed by atoms with Gasteiger partial charge in [-0.15, -0.1) is 0 Å². The van der Waals surface area contributed by atoms with Gasteiger partial charge in [-0.1, -0.05) is 17.7 Å². The summed E-state index contributed by atoms with van der Waals surface area (Å²) in [5, 5.41) is 4.85. The second kappa shape index (κ2) is 8.25. The average Bonchev–Trinajstić information content (AvgIpc) is 3.31. The van der Waals surface area contributed by atoms with Gasteiger partial charge in [0.15, 0.2) is 0 Å². The number of nitrogens with zero attached hydrogens (tertiary/aromatic N) is 3. The van der Waals surface area contributed by atoms with Crippen LogP contribution in [-0.4, -0.2) is 41.5 Å². The number of ether oxygens (including phenoxy) is 1. The molecule has 1 saturated heterocycles. The molecule has 1 fully saturated rings. The average molecular weight is 379 g/mol. The van der Waals surface area contributed by atoms with Crippen molar-refractivity contribution in [2.45, 2.75) is 19.9 Å². The second-order valence-electron chi connectivity index (χ2n) is 7.64. The molecule has 0 bridgehead atoms. The molecule has 1 aliphatic heterocycles. The lowest BCUT2D eigenvalue weighted by atomic mass is 10.1. The Labute approximate surface area is 165 Å². The maximum absolute atomic E-state index is 13.4. The summed E-state index contributed by atoms with van der Waals surface area (Å²) in [6.45, 7) is 5.81. The van der Waals surface area contributed by atoms with E-state index in [1.807, 2.05) is 4.68 Å². The Morgan fingerprint density at radius 2 is 1.86 bits per heavy atom. The minimum Gasteiger partial charge on any atom is -0.384 e. The number of benzene rings is 2. The highest BCUT2D eigenvalue weighted by Gasteiger charge is 2.24. The zero-order valence-electron chi connectivity index (χ0n) is 16.4. The topological polar surface area (TPSA) is 30.3 Å². The van der Waals surface area contributed by atoms with E-state index in [-0.39, 0.29) is 5.82 Å². The van der Waals surface area contributed by atoms with Crippen molar-refractivity contribution in [3.05, 3.63) is 71.7 Å². The van der Waals surface area contributed by atoms with Gasteiger partial charge in [-0.2, -0.15) is 5.10 Å². The van der Waals surface area contributed by atoms with Crippen LogP contribution in [0.4, 0.5) is 4.39 Å². The normalized spacial score (nSPS) is 17.3. The van der Waals surface area contributed by atoms with Crippen molar-refractivity contribution in [3.8, 4) is 16.9 Å². The summed E-state index contributed by atoms with van der Waals surface area (Å²) in [7, 11) is 1.76. The Hall–Kier alpha value is -2.50. The number of likely N-dealkylation sites (tertiary alicyclic amines) is 1. The molecule has 0 amide bonds. The van der Waals surface area contributed by atoms with E-state index in [0.29, 0.717) is 5.92 Å². The third kappa shape index (κ3) is 4.16. The number of aryl methyl sites for hydroxylation is 1. The summed E-state index contributed by atoms with van der Waals surface area (Å²) >= 11 is 0. The fourth-order valence-electron chi connectivity index (χ4n) is 3.88. The van der Waals surface area contributed by atoms with Gasteiger partial charge in [0.25, 0.3) is 0 Å². The number of hydrogen-bond donors (Lipinski definition) is 0. The molecule has 1 unspecified atom stereocenters. The third-order valence-corrected chi connectivity index (χ3v) is 5.37. The number of rotatable bonds is 6. The molecule has 1 atom stereocenters. The van der Waals surface area contributed by atoms with Crippen molar-refractivity contribution in [2.24, 2.45) is 5.92 Å². The van der Waals surface area contributed by atoms with E-state index in [2.05, 4.69) is 42.3 Å². The predicted molar refractivity (Wildman–Crippen MR) is 109 cm³/mol. The van der Waals surface area contributed by atoms with Crippen molar-refractivity contribution in [3.63, 3.8) is 0 Å². The van der Waals surface area contributed by atoms with Crippen LogP contribution in [0.3, 0.4) is 0 Å². The fourth-order valence-corrected chi connectivity index (χ4v) is 3.88. The molecule has 4 nitrogen and oxygen atoms in total. The van der Waals surface area contributed by atoms with Crippen LogP contribution in [0.2, 0.25) is 0 Å². The van der Waals surface area contributed by atoms with Crippen LogP contribution < -0.4 is 0 Å². The maximum Gasteiger partial charge on any atom is 0.123 e. The highest BCUT2D eigenvalue weighted by atomic mass is 19.1. The first-order chi connectivity index (χ1) is 13.6. The molecule has 0 aliphatic carbocycles. The predicted octanol–water partition coefficient (Wildman–Crippen LogP) is 4.46. The Morgan fingerprint density at radius 1 is 1.11 bits per heavy atom. The zero-order valence-corrected chi connectivity index (χ0v) is 16.4. The molecular weight excluding hydrogens is 353 g/mol. The summed E-state index contributed by atoms with van der Waals surface area (Å²) in [6.07, 6.45) is 3.26. The molecule has 0 saturated carbocycles. The van der Waals surface area contributed by atoms with Gasteiger partial charge in [-0.05, 0) is 62.2 Å². The first kappa shape index (κ1) is 18.8. The van der Waals surface area contributed by atoms with Crippen molar-refractivity contribution in [1.29, 1.82) is 0 Å². The minimum absolute atomic E-state index is 0.231. The summed E-state index contributed by atoms with van der Waals surface area (Å²) in [5.74, 6) is 0.358. The summed E-state index contributed by atoms with van der Waals surface area (Å²) < 4.78 is 20.7. The standard InChI is InChI=1S/C23H26FN3O/c1-17-3-9-22(10-4-17)27-15-20(14-26-12-11-18(13-26)16-28-2)23(25-27)19-5-7-21(24)8-6-19/h3-10,15,18H,11-14,16H2,1-2H3. The molecule has 0 radical (unpaired) electrons. The smallest absolute Gasteiger partial charge is 0.123 e. The lowest BCUT2D eigenvalue weighted by Crippen LogP contribution is -2.21. The second-order valence-corrected chi connectivity index (χ2v) is 7.64. The van der Waals surface area contributed by atoms with Gasteiger partial charge in [0, 0.05) is 37.5 Å². The molecule has 2 heterocycles. The van der Waals surface area contributed by atoms with Crippen LogP contribution in [0.25, 0.3) is 16.9 Å². The Bertz CT molecular complexity index is 918. The molecular formula is C23H26FN3O. The molecule has 3 aromatic rings. The lowest BCUT2D eigenvalue weighted by Gasteiger charge is -2.15. The highest BCUT2D eigenvalue weighted by Crippen LogP contribution is 2.27. The van der Waals surface area contributed by atoms with Gasteiger partial charge in [-0.25, -0.2) is 9.07 Å². The molecule has 1 aromatic heterocycles. The van der Waals surface area contributed by atoms with E-state index in [1.54, 1.807) is 19.2 Å². The van der Waals surface area contributed by atoms with Crippen LogP contribution in [0.5, 0.6) is 0 Å². The van der Waals surface area contributed by atoms with E-state index in [1.165, 1.54) is 17.7 Å². The van der Waals surface area contributed by atoms with Gasteiger partial charge in [0.1, 0.15) is 5.82 Å². The zero-order chi connectivity index (χ0) is 19.5. The number of hydrogen-bond acceptors (Lipinski definition) is 3. The van der Waals surface area contributed by atoms with Crippen molar-refractivity contribution < 1.29 is 9.13 Å². The number of halogens is 1. The van der Waals surface area contributed by atoms with Crippen molar-refractivity contribution in [2.75, 3.05) is 26.8 Å². The van der Waals surface area contributed by atoms with Gasteiger partial charge in [-0.3, -0.25) is 4.90 Å². The molecule has 0 spiro atoms. The lowest BCUT2D eigenvalue weighted by molar-refractivity contribution is 0.152. The molecule has 0 N–H and O–H groups in total. The van der Waals surface area contributed by atoms with Gasteiger partial charge in [0.2, 0.25) is 0 Å². The van der Waals surface area contributed by atoms with Crippen LogP contribution in [0, 0.1) is 18.7 Å². The molecule has 4 rings (SSSR count). The molecule has 28 heavy (non-hydrogen) atoms. The molecule has 2 aromatic carbocycles. The first-order valence-corrected chi connectivity index (χ1v) is 9.75. The monoisotopic (exact) mass is 379 g/mol.